The second-order valence-corrected chi connectivity index (χ2v) is 6.15. The third kappa shape index (κ3) is 11.8. The standard InChI is InChI=1S/C15H31N3O2S.HI/c1-3-16-15(18-8-12-21-2)17-7-4-9-20-13-14-5-10-19-11-6-14;/h14H,3-13H2,1-2H3,(H2,16,17,18);1H. The number of hydrogen-bond acceptors (Lipinski definition) is 4. The number of aliphatic imine (C=N–C) groups is 1. The molecule has 132 valence electrons. The zero-order valence-corrected chi connectivity index (χ0v) is 17.1. The molecule has 1 heterocycles. The molecule has 2 N–H and O–H groups in total. The highest BCUT2D eigenvalue weighted by Crippen LogP contribution is 2.14. The number of nitrogens with one attached hydrogen (secondary N) is 2. The summed E-state index contributed by atoms with van der Waals surface area (Å²) in [7, 11) is 0. The van der Waals surface area contributed by atoms with E-state index in [1.54, 1.807) is 0 Å². The van der Waals surface area contributed by atoms with E-state index in [2.05, 4.69) is 28.8 Å². The predicted molar refractivity (Wildman–Crippen MR) is 107 cm³/mol. The molecule has 1 rings (SSSR count). The summed E-state index contributed by atoms with van der Waals surface area (Å²) in [6.45, 7) is 8.20. The van der Waals surface area contributed by atoms with Gasteiger partial charge in [0, 0.05) is 51.8 Å². The number of halogens is 1. The molecule has 0 amide bonds. The minimum Gasteiger partial charge on any atom is -0.381 e. The van der Waals surface area contributed by atoms with E-state index in [4.69, 9.17) is 9.47 Å². The Hall–Kier alpha value is 0.270. The van der Waals surface area contributed by atoms with Crippen LogP contribution in [0.15, 0.2) is 4.99 Å². The molecule has 0 saturated carbocycles. The molecule has 0 unspecified atom stereocenters. The number of guanidine groups is 1. The third-order valence-corrected chi connectivity index (χ3v) is 3.97. The van der Waals surface area contributed by atoms with Crippen molar-refractivity contribution < 1.29 is 9.47 Å². The summed E-state index contributed by atoms with van der Waals surface area (Å²) in [5, 5.41) is 6.59. The number of hydrogen-bond donors (Lipinski definition) is 2. The topological polar surface area (TPSA) is 54.9 Å². The Morgan fingerprint density at radius 2 is 2.09 bits per heavy atom. The number of thioether (sulfide) groups is 1. The van der Waals surface area contributed by atoms with Crippen LogP contribution in [0.3, 0.4) is 0 Å². The van der Waals surface area contributed by atoms with E-state index in [0.717, 1.165) is 77.0 Å². The minimum absolute atomic E-state index is 0. The maximum Gasteiger partial charge on any atom is 0.191 e. The van der Waals surface area contributed by atoms with Crippen molar-refractivity contribution in [2.45, 2.75) is 26.2 Å². The molecule has 0 aromatic carbocycles. The Morgan fingerprint density at radius 3 is 2.77 bits per heavy atom. The van der Waals surface area contributed by atoms with Crippen LogP contribution in [0, 0.1) is 5.92 Å². The summed E-state index contributed by atoms with van der Waals surface area (Å²) < 4.78 is 11.1. The highest BCUT2D eigenvalue weighted by molar-refractivity contribution is 14.0. The van der Waals surface area contributed by atoms with E-state index in [9.17, 15) is 0 Å². The van der Waals surface area contributed by atoms with Gasteiger partial charge in [0.25, 0.3) is 0 Å². The van der Waals surface area contributed by atoms with Gasteiger partial charge in [-0.25, -0.2) is 0 Å². The van der Waals surface area contributed by atoms with Crippen LogP contribution in [0.5, 0.6) is 0 Å². The van der Waals surface area contributed by atoms with Crippen LogP contribution in [0.2, 0.25) is 0 Å². The first-order chi connectivity index (χ1) is 10.4. The normalized spacial score (nSPS) is 16.2. The monoisotopic (exact) mass is 445 g/mol. The van der Waals surface area contributed by atoms with Crippen LogP contribution in [0.4, 0.5) is 0 Å². The molecule has 1 aliphatic rings. The minimum atomic E-state index is 0. The van der Waals surface area contributed by atoms with E-state index in [1.807, 2.05) is 11.8 Å². The van der Waals surface area contributed by atoms with Crippen molar-refractivity contribution in [1.82, 2.24) is 10.6 Å². The fourth-order valence-corrected chi connectivity index (χ4v) is 2.44. The summed E-state index contributed by atoms with van der Waals surface area (Å²) in [5.74, 6) is 2.70. The van der Waals surface area contributed by atoms with Gasteiger partial charge in [-0.3, -0.25) is 4.99 Å². The molecule has 7 heteroatoms. The highest BCUT2D eigenvalue weighted by Gasteiger charge is 2.13. The maximum atomic E-state index is 5.74. The first kappa shape index (κ1) is 22.3. The average Bonchev–Trinajstić information content (AvgIpc) is 2.52. The number of nitrogens with zero attached hydrogens (tertiary/aromatic N) is 1. The molecule has 0 aromatic rings. The van der Waals surface area contributed by atoms with Gasteiger partial charge < -0.3 is 20.1 Å². The molecule has 0 aromatic heterocycles. The Bertz CT molecular complexity index is 278. The zero-order valence-electron chi connectivity index (χ0n) is 13.9. The predicted octanol–water partition coefficient (Wildman–Crippen LogP) is 2.36. The van der Waals surface area contributed by atoms with Crippen LogP contribution in [0.1, 0.15) is 26.2 Å². The summed E-state index contributed by atoms with van der Waals surface area (Å²) in [6, 6.07) is 0. The Balaban J connectivity index is 0.00000441. The van der Waals surface area contributed by atoms with Crippen molar-refractivity contribution in [3.63, 3.8) is 0 Å². The van der Waals surface area contributed by atoms with Crippen molar-refractivity contribution in [3.8, 4) is 0 Å². The van der Waals surface area contributed by atoms with Crippen molar-refractivity contribution in [3.05, 3.63) is 0 Å². The van der Waals surface area contributed by atoms with E-state index in [1.165, 1.54) is 0 Å². The fraction of sp³-hybridized carbons (Fsp3) is 0.933. The molecule has 0 aliphatic carbocycles. The lowest BCUT2D eigenvalue weighted by atomic mass is 10.0. The van der Waals surface area contributed by atoms with Crippen molar-refractivity contribution in [2.75, 3.05) is 58.1 Å². The van der Waals surface area contributed by atoms with Crippen LogP contribution < -0.4 is 10.6 Å². The smallest absolute Gasteiger partial charge is 0.191 e. The van der Waals surface area contributed by atoms with Gasteiger partial charge >= 0.3 is 0 Å². The van der Waals surface area contributed by atoms with E-state index in [-0.39, 0.29) is 24.0 Å². The van der Waals surface area contributed by atoms with Gasteiger partial charge in [-0.05, 0) is 38.4 Å². The summed E-state index contributed by atoms with van der Waals surface area (Å²) in [5.41, 5.74) is 0. The van der Waals surface area contributed by atoms with Gasteiger partial charge in [0.05, 0.1) is 0 Å². The van der Waals surface area contributed by atoms with Gasteiger partial charge in [-0.1, -0.05) is 0 Å². The molecule has 0 atom stereocenters. The molecule has 1 saturated heterocycles. The molecular formula is C15H32IN3O2S. The molecule has 0 radical (unpaired) electrons. The highest BCUT2D eigenvalue weighted by atomic mass is 127. The largest absolute Gasteiger partial charge is 0.381 e. The fourth-order valence-electron chi connectivity index (χ4n) is 2.13. The molecule has 1 fully saturated rings. The second-order valence-electron chi connectivity index (χ2n) is 5.16. The lowest BCUT2D eigenvalue weighted by Gasteiger charge is -2.21. The van der Waals surface area contributed by atoms with Gasteiger partial charge in [-0.2, -0.15) is 11.8 Å². The number of rotatable bonds is 10. The van der Waals surface area contributed by atoms with Crippen molar-refractivity contribution in [2.24, 2.45) is 10.9 Å². The van der Waals surface area contributed by atoms with Gasteiger partial charge in [0.2, 0.25) is 0 Å². The quantitative estimate of drug-likeness (QED) is 0.234. The van der Waals surface area contributed by atoms with Gasteiger partial charge in [0.1, 0.15) is 0 Å². The van der Waals surface area contributed by atoms with E-state index >= 15 is 0 Å². The lowest BCUT2D eigenvalue weighted by molar-refractivity contribution is 0.0205. The third-order valence-electron chi connectivity index (χ3n) is 3.35. The first-order valence-corrected chi connectivity index (χ1v) is 9.42. The average molecular weight is 445 g/mol. The SMILES string of the molecule is CCNC(=NCCCOCC1CCOCC1)NCCSC.I. The van der Waals surface area contributed by atoms with Crippen LogP contribution in [-0.4, -0.2) is 64.0 Å². The Kier molecular flexibility index (Phi) is 16.3. The zero-order chi connectivity index (χ0) is 15.2. The maximum absolute atomic E-state index is 5.74. The molecule has 0 bridgehead atoms. The lowest BCUT2D eigenvalue weighted by Crippen LogP contribution is -2.38. The summed E-state index contributed by atoms with van der Waals surface area (Å²) in [6.07, 6.45) is 5.37. The Labute approximate surface area is 156 Å². The second kappa shape index (κ2) is 16.1. The first-order valence-electron chi connectivity index (χ1n) is 8.03. The molecular weight excluding hydrogens is 413 g/mol. The summed E-state index contributed by atoms with van der Waals surface area (Å²) in [4.78, 5) is 4.55. The number of ether oxygens (including phenoxy) is 2. The van der Waals surface area contributed by atoms with Crippen molar-refractivity contribution >= 4 is 41.7 Å². The molecule has 22 heavy (non-hydrogen) atoms. The molecule has 0 spiro atoms. The van der Waals surface area contributed by atoms with E-state index in [0.29, 0.717) is 5.92 Å². The Morgan fingerprint density at radius 1 is 1.32 bits per heavy atom. The van der Waals surface area contributed by atoms with Crippen LogP contribution in [-0.2, 0) is 9.47 Å². The molecule has 5 nitrogen and oxygen atoms in total. The summed E-state index contributed by atoms with van der Waals surface area (Å²) >= 11 is 1.84. The van der Waals surface area contributed by atoms with Crippen LogP contribution in [0.25, 0.3) is 0 Å². The van der Waals surface area contributed by atoms with Gasteiger partial charge in [-0.15, -0.1) is 24.0 Å². The van der Waals surface area contributed by atoms with Crippen molar-refractivity contribution in [1.29, 1.82) is 0 Å². The van der Waals surface area contributed by atoms with Gasteiger partial charge in [0.15, 0.2) is 5.96 Å². The molecule has 1 aliphatic heterocycles. The van der Waals surface area contributed by atoms with Crippen LogP contribution >= 0.6 is 35.7 Å². The van der Waals surface area contributed by atoms with E-state index < -0.39 is 0 Å².